The molecular formula is C16H23NO5S. The second kappa shape index (κ2) is 6.49. The Kier molecular flexibility index (Phi) is 5.01. The maximum absolute atomic E-state index is 12.1. The third-order valence-corrected chi connectivity index (χ3v) is 4.76. The zero-order valence-electron chi connectivity index (χ0n) is 13.8. The number of carbonyl (C=O) groups excluding carboxylic acids is 1. The molecule has 0 spiro atoms. The fourth-order valence-corrected chi connectivity index (χ4v) is 3.27. The summed E-state index contributed by atoms with van der Waals surface area (Å²) in [5.74, 6) is 0. The first-order valence-corrected chi connectivity index (χ1v) is 8.95. The zero-order valence-corrected chi connectivity index (χ0v) is 14.6. The minimum absolute atomic E-state index is 0.122. The number of carbonyl (C=O) groups is 1. The molecule has 1 fully saturated rings. The van der Waals surface area contributed by atoms with Crippen LogP contribution < -0.4 is 5.32 Å². The fourth-order valence-electron chi connectivity index (χ4n) is 2.18. The molecule has 0 radical (unpaired) electrons. The number of benzene rings is 1. The number of rotatable bonds is 4. The van der Waals surface area contributed by atoms with E-state index in [-0.39, 0.29) is 10.9 Å². The standard InChI is InChI=1S/C16H23NO5S/c1-11-5-7-14(8-6-11)23(19,20)22-13-9-12(10-13)17-15(18)21-16(2,3)4/h5-8,12-13H,9-10H2,1-4H3,(H,17,18)/t12-,13+. The van der Waals surface area contributed by atoms with Crippen LogP contribution in [0.3, 0.4) is 0 Å². The van der Waals surface area contributed by atoms with E-state index in [2.05, 4.69) is 5.32 Å². The monoisotopic (exact) mass is 341 g/mol. The molecule has 7 heteroatoms. The lowest BCUT2D eigenvalue weighted by Gasteiger charge is -2.35. The van der Waals surface area contributed by atoms with Crippen molar-refractivity contribution in [2.75, 3.05) is 0 Å². The lowest BCUT2D eigenvalue weighted by molar-refractivity contribution is 0.0376. The van der Waals surface area contributed by atoms with Crippen molar-refractivity contribution in [3.63, 3.8) is 0 Å². The van der Waals surface area contributed by atoms with Crippen LogP contribution in [0.1, 0.15) is 39.2 Å². The van der Waals surface area contributed by atoms with Gasteiger partial charge in [-0.15, -0.1) is 0 Å². The van der Waals surface area contributed by atoms with Gasteiger partial charge in [0.05, 0.1) is 11.0 Å². The number of alkyl carbamates (subject to hydrolysis) is 1. The van der Waals surface area contributed by atoms with Crippen molar-refractivity contribution in [2.45, 2.75) is 63.2 Å². The smallest absolute Gasteiger partial charge is 0.407 e. The molecular weight excluding hydrogens is 318 g/mol. The van der Waals surface area contributed by atoms with E-state index in [0.29, 0.717) is 12.8 Å². The van der Waals surface area contributed by atoms with Gasteiger partial charge in [0, 0.05) is 6.04 Å². The Morgan fingerprint density at radius 2 is 1.74 bits per heavy atom. The minimum Gasteiger partial charge on any atom is -0.444 e. The largest absolute Gasteiger partial charge is 0.444 e. The molecule has 0 unspecified atom stereocenters. The van der Waals surface area contributed by atoms with Crippen LogP contribution in [0.2, 0.25) is 0 Å². The lowest BCUT2D eigenvalue weighted by Crippen LogP contribution is -2.49. The van der Waals surface area contributed by atoms with Crippen LogP contribution in [0.5, 0.6) is 0 Å². The normalized spacial score (nSPS) is 21.4. The Balaban J connectivity index is 1.81. The zero-order chi connectivity index (χ0) is 17.3. The van der Waals surface area contributed by atoms with Crippen molar-refractivity contribution in [1.82, 2.24) is 5.32 Å². The summed E-state index contributed by atoms with van der Waals surface area (Å²) in [5, 5.41) is 2.70. The van der Waals surface area contributed by atoms with Crippen LogP contribution in [0.4, 0.5) is 4.79 Å². The maximum Gasteiger partial charge on any atom is 0.407 e. The van der Waals surface area contributed by atoms with E-state index in [1.807, 2.05) is 6.92 Å². The molecule has 23 heavy (non-hydrogen) atoms. The van der Waals surface area contributed by atoms with E-state index >= 15 is 0 Å². The second-order valence-electron chi connectivity index (χ2n) is 6.80. The molecule has 0 aliphatic heterocycles. The number of nitrogens with one attached hydrogen (secondary N) is 1. The molecule has 2 rings (SSSR count). The van der Waals surface area contributed by atoms with E-state index in [4.69, 9.17) is 8.92 Å². The van der Waals surface area contributed by atoms with Gasteiger partial charge < -0.3 is 10.1 Å². The molecule has 1 saturated carbocycles. The van der Waals surface area contributed by atoms with E-state index in [9.17, 15) is 13.2 Å². The first-order chi connectivity index (χ1) is 10.5. The molecule has 1 aromatic rings. The summed E-state index contributed by atoms with van der Waals surface area (Å²) in [7, 11) is -3.76. The number of amides is 1. The number of hydrogen-bond donors (Lipinski definition) is 1. The summed E-state index contributed by atoms with van der Waals surface area (Å²) in [6.45, 7) is 7.24. The van der Waals surface area contributed by atoms with Gasteiger partial charge in [-0.05, 0) is 52.7 Å². The topological polar surface area (TPSA) is 81.7 Å². The average Bonchev–Trinajstić information content (AvgIpc) is 2.34. The van der Waals surface area contributed by atoms with Gasteiger partial charge in [0.25, 0.3) is 10.1 Å². The van der Waals surface area contributed by atoms with E-state index < -0.39 is 27.9 Å². The summed E-state index contributed by atoms with van der Waals surface area (Å²) in [6.07, 6.45) is -0.0159. The molecule has 0 atom stereocenters. The highest BCUT2D eigenvalue weighted by Crippen LogP contribution is 2.27. The number of ether oxygens (including phenoxy) is 1. The van der Waals surface area contributed by atoms with Gasteiger partial charge in [-0.3, -0.25) is 4.18 Å². The summed E-state index contributed by atoms with van der Waals surface area (Å²) >= 11 is 0. The number of hydrogen-bond acceptors (Lipinski definition) is 5. The van der Waals surface area contributed by atoms with Crippen LogP contribution in [-0.2, 0) is 19.0 Å². The predicted octanol–water partition coefficient (Wildman–Crippen LogP) is 2.76. The molecule has 6 nitrogen and oxygen atoms in total. The molecule has 1 N–H and O–H groups in total. The molecule has 0 bridgehead atoms. The summed E-state index contributed by atoms with van der Waals surface area (Å²) in [4.78, 5) is 11.8. The fraction of sp³-hybridized carbons (Fsp3) is 0.562. The van der Waals surface area contributed by atoms with Crippen molar-refractivity contribution in [2.24, 2.45) is 0 Å². The summed E-state index contributed by atoms with van der Waals surface area (Å²) < 4.78 is 34.6. The van der Waals surface area contributed by atoms with E-state index in [1.165, 1.54) is 12.1 Å². The van der Waals surface area contributed by atoms with Gasteiger partial charge in [-0.25, -0.2) is 4.79 Å². The second-order valence-corrected chi connectivity index (χ2v) is 8.37. The summed E-state index contributed by atoms with van der Waals surface area (Å²) in [5.41, 5.74) is 0.424. The average molecular weight is 341 g/mol. The lowest BCUT2D eigenvalue weighted by atomic mass is 9.90. The molecule has 1 aliphatic rings. The highest BCUT2D eigenvalue weighted by atomic mass is 32.2. The Bertz CT molecular complexity index is 655. The van der Waals surface area contributed by atoms with Crippen LogP contribution in [-0.4, -0.2) is 32.3 Å². The third-order valence-electron chi connectivity index (χ3n) is 3.39. The predicted molar refractivity (Wildman–Crippen MR) is 85.6 cm³/mol. The Labute approximate surface area is 137 Å². The van der Waals surface area contributed by atoms with E-state index in [1.54, 1.807) is 32.9 Å². The highest BCUT2D eigenvalue weighted by Gasteiger charge is 2.36. The van der Waals surface area contributed by atoms with Gasteiger partial charge in [0.15, 0.2) is 0 Å². The SMILES string of the molecule is Cc1ccc(S(=O)(=O)O[C@H]2C[C@@H](NC(=O)OC(C)(C)C)C2)cc1. The first-order valence-electron chi connectivity index (χ1n) is 7.55. The van der Waals surface area contributed by atoms with Crippen molar-refractivity contribution < 1.29 is 22.1 Å². The van der Waals surface area contributed by atoms with Crippen molar-refractivity contribution in [3.05, 3.63) is 29.8 Å². The van der Waals surface area contributed by atoms with Crippen LogP contribution in [0.25, 0.3) is 0 Å². The van der Waals surface area contributed by atoms with Crippen molar-refractivity contribution in [3.8, 4) is 0 Å². The molecule has 128 valence electrons. The Hall–Kier alpha value is -1.60. The van der Waals surface area contributed by atoms with Crippen LogP contribution >= 0.6 is 0 Å². The molecule has 1 aliphatic carbocycles. The maximum atomic E-state index is 12.1. The molecule has 0 aromatic heterocycles. The van der Waals surface area contributed by atoms with Crippen LogP contribution in [0, 0.1) is 6.92 Å². The Morgan fingerprint density at radius 3 is 2.26 bits per heavy atom. The van der Waals surface area contributed by atoms with Crippen LogP contribution in [0.15, 0.2) is 29.2 Å². The van der Waals surface area contributed by atoms with Gasteiger partial charge in [0.2, 0.25) is 0 Å². The van der Waals surface area contributed by atoms with Gasteiger partial charge >= 0.3 is 6.09 Å². The Morgan fingerprint density at radius 1 is 1.17 bits per heavy atom. The molecule has 0 saturated heterocycles. The van der Waals surface area contributed by atoms with Gasteiger partial charge in [-0.2, -0.15) is 8.42 Å². The van der Waals surface area contributed by atoms with Crippen molar-refractivity contribution >= 4 is 16.2 Å². The minimum atomic E-state index is -3.76. The number of aryl methyl sites for hydroxylation is 1. The molecule has 1 amide bonds. The third kappa shape index (κ3) is 5.21. The molecule has 0 heterocycles. The van der Waals surface area contributed by atoms with E-state index in [0.717, 1.165) is 5.56 Å². The molecule has 1 aromatic carbocycles. The van der Waals surface area contributed by atoms with Gasteiger partial charge in [-0.1, -0.05) is 17.7 Å². The highest BCUT2D eigenvalue weighted by molar-refractivity contribution is 7.86. The first kappa shape index (κ1) is 17.7. The van der Waals surface area contributed by atoms with Gasteiger partial charge in [0.1, 0.15) is 5.60 Å². The summed E-state index contributed by atoms with van der Waals surface area (Å²) in [6, 6.07) is 6.39. The quantitative estimate of drug-likeness (QED) is 0.852. The van der Waals surface area contributed by atoms with Crippen molar-refractivity contribution in [1.29, 1.82) is 0 Å².